The Kier molecular flexibility index (Phi) is 8.91. The van der Waals surface area contributed by atoms with Gasteiger partial charge in [-0.1, -0.05) is 6.92 Å². The highest BCUT2D eigenvalue weighted by Gasteiger charge is 2.24. The Morgan fingerprint density at radius 2 is 1.62 bits per heavy atom. The second-order valence-electron chi connectivity index (χ2n) is 5.15. The molecule has 1 aromatic carbocycles. The van der Waals surface area contributed by atoms with Crippen LogP contribution in [-0.4, -0.2) is 63.8 Å². The predicted molar refractivity (Wildman–Crippen MR) is 96.4 cm³/mol. The van der Waals surface area contributed by atoms with Crippen LogP contribution in [0.15, 0.2) is 16.6 Å². The molecule has 0 aliphatic carbocycles. The Hall–Kier alpha value is -2.29. The minimum Gasteiger partial charge on any atom is -0.493 e. The molecule has 0 bridgehead atoms. The SMILES string of the molecule is CCCOc1c(Br)cc(C(=O)N(CC(=O)OC)CC(=O)OC)cc1OC. The van der Waals surface area contributed by atoms with E-state index in [0.29, 0.717) is 22.6 Å². The van der Waals surface area contributed by atoms with Crippen molar-refractivity contribution < 1.29 is 33.3 Å². The van der Waals surface area contributed by atoms with Crippen LogP contribution >= 0.6 is 15.9 Å². The molecule has 0 saturated carbocycles. The smallest absolute Gasteiger partial charge is 0.325 e. The number of methoxy groups -OCH3 is 3. The molecule has 0 spiro atoms. The maximum Gasteiger partial charge on any atom is 0.325 e. The van der Waals surface area contributed by atoms with E-state index in [0.717, 1.165) is 11.3 Å². The number of rotatable bonds is 9. The molecule has 0 aliphatic heterocycles. The lowest BCUT2D eigenvalue weighted by Gasteiger charge is -2.21. The third kappa shape index (κ3) is 5.91. The lowest BCUT2D eigenvalue weighted by Crippen LogP contribution is -2.40. The van der Waals surface area contributed by atoms with Gasteiger partial charge in [0.1, 0.15) is 13.1 Å². The molecule has 1 rings (SSSR count). The first-order chi connectivity index (χ1) is 12.4. The summed E-state index contributed by atoms with van der Waals surface area (Å²) in [6.07, 6.45) is 0.808. The van der Waals surface area contributed by atoms with Crippen molar-refractivity contribution in [3.63, 3.8) is 0 Å². The Morgan fingerprint density at radius 3 is 2.08 bits per heavy atom. The third-order valence-corrected chi connectivity index (χ3v) is 3.90. The number of amides is 1. The minimum absolute atomic E-state index is 0.213. The zero-order chi connectivity index (χ0) is 19.7. The normalized spacial score (nSPS) is 10.0. The van der Waals surface area contributed by atoms with Gasteiger partial charge in [0.2, 0.25) is 0 Å². The standard InChI is InChI=1S/C17H22BrNO7/c1-5-6-26-16-12(18)7-11(8-13(16)23-2)17(22)19(9-14(20)24-3)10-15(21)25-4/h7-8H,5-6,9-10H2,1-4H3. The summed E-state index contributed by atoms with van der Waals surface area (Å²) >= 11 is 3.36. The Labute approximate surface area is 160 Å². The van der Waals surface area contributed by atoms with E-state index >= 15 is 0 Å². The van der Waals surface area contributed by atoms with Gasteiger partial charge in [0.25, 0.3) is 5.91 Å². The van der Waals surface area contributed by atoms with Gasteiger partial charge in [-0.25, -0.2) is 0 Å². The van der Waals surface area contributed by atoms with E-state index in [-0.39, 0.29) is 5.56 Å². The summed E-state index contributed by atoms with van der Waals surface area (Å²) in [4.78, 5) is 37.0. The van der Waals surface area contributed by atoms with Gasteiger partial charge in [-0.15, -0.1) is 0 Å². The fraction of sp³-hybridized carbons (Fsp3) is 0.471. The first kappa shape index (κ1) is 21.8. The molecule has 0 fully saturated rings. The number of benzene rings is 1. The number of carbonyl (C=O) groups excluding carboxylic acids is 3. The first-order valence-electron chi connectivity index (χ1n) is 7.81. The number of ether oxygens (including phenoxy) is 4. The van der Waals surface area contributed by atoms with Gasteiger partial charge in [-0.2, -0.15) is 0 Å². The second kappa shape index (κ2) is 10.6. The molecular weight excluding hydrogens is 410 g/mol. The highest BCUT2D eigenvalue weighted by atomic mass is 79.9. The number of nitrogens with zero attached hydrogens (tertiary/aromatic N) is 1. The highest BCUT2D eigenvalue weighted by molar-refractivity contribution is 9.10. The largest absolute Gasteiger partial charge is 0.493 e. The van der Waals surface area contributed by atoms with Crippen LogP contribution in [-0.2, 0) is 19.1 Å². The molecule has 0 heterocycles. The molecule has 0 N–H and O–H groups in total. The average molecular weight is 432 g/mol. The van der Waals surface area contributed by atoms with Crippen LogP contribution in [0.5, 0.6) is 11.5 Å². The van der Waals surface area contributed by atoms with Gasteiger partial charge in [0.05, 0.1) is 32.4 Å². The zero-order valence-corrected chi connectivity index (χ0v) is 16.8. The van der Waals surface area contributed by atoms with Crippen molar-refractivity contribution in [2.75, 3.05) is 41.0 Å². The molecule has 0 unspecified atom stereocenters. The fourth-order valence-electron chi connectivity index (χ4n) is 2.01. The zero-order valence-electron chi connectivity index (χ0n) is 15.2. The molecule has 8 nitrogen and oxygen atoms in total. The molecule has 26 heavy (non-hydrogen) atoms. The van der Waals surface area contributed by atoms with Gasteiger partial charge in [-0.05, 0) is 34.5 Å². The summed E-state index contributed by atoms with van der Waals surface area (Å²) in [5.41, 5.74) is 0.213. The number of hydrogen-bond acceptors (Lipinski definition) is 7. The van der Waals surface area contributed by atoms with Gasteiger partial charge in [0, 0.05) is 5.56 Å². The lowest BCUT2D eigenvalue weighted by molar-refractivity contribution is -0.144. The molecule has 0 aliphatic rings. The number of hydrogen-bond donors (Lipinski definition) is 0. The number of halogens is 1. The number of esters is 2. The topological polar surface area (TPSA) is 91.4 Å². The van der Waals surface area contributed by atoms with Gasteiger partial charge >= 0.3 is 11.9 Å². The van der Waals surface area contributed by atoms with Gasteiger partial charge < -0.3 is 23.8 Å². The van der Waals surface area contributed by atoms with E-state index in [9.17, 15) is 14.4 Å². The highest BCUT2D eigenvalue weighted by Crippen LogP contribution is 2.37. The molecule has 0 aromatic heterocycles. The molecule has 1 aromatic rings. The Balaban J connectivity index is 3.18. The maximum absolute atomic E-state index is 12.8. The third-order valence-electron chi connectivity index (χ3n) is 3.31. The van der Waals surface area contributed by atoms with Gasteiger partial charge in [0.15, 0.2) is 11.5 Å². The van der Waals surface area contributed by atoms with Crippen molar-refractivity contribution in [3.05, 3.63) is 22.2 Å². The van der Waals surface area contributed by atoms with E-state index < -0.39 is 30.9 Å². The monoisotopic (exact) mass is 431 g/mol. The van der Waals surface area contributed by atoms with Crippen LogP contribution in [0.1, 0.15) is 23.7 Å². The predicted octanol–water partition coefficient (Wildman–Crippen LogP) is 2.03. The van der Waals surface area contributed by atoms with Crippen molar-refractivity contribution in [2.24, 2.45) is 0 Å². The Morgan fingerprint density at radius 1 is 1.04 bits per heavy atom. The van der Waals surface area contributed by atoms with E-state index in [1.165, 1.54) is 33.5 Å². The van der Waals surface area contributed by atoms with Crippen molar-refractivity contribution in [3.8, 4) is 11.5 Å². The van der Waals surface area contributed by atoms with Crippen molar-refractivity contribution in [1.29, 1.82) is 0 Å². The van der Waals surface area contributed by atoms with E-state index in [4.69, 9.17) is 9.47 Å². The summed E-state index contributed by atoms with van der Waals surface area (Å²) in [7, 11) is 3.85. The summed E-state index contributed by atoms with van der Waals surface area (Å²) in [5.74, 6) is -1.04. The fourth-order valence-corrected chi connectivity index (χ4v) is 2.57. The second-order valence-corrected chi connectivity index (χ2v) is 6.01. The molecule has 0 saturated heterocycles. The summed E-state index contributed by atoms with van der Waals surface area (Å²) < 4.78 is 20.6. The maximum atomic E-state index is 12.8. The van der Waals surface area contributed by atoms with Crippen molar-refractivity contribution >= 4 is 33.8 Å². The van der Waals surface area contributed by atoms with Crippen LogP contribution in [0.4, 0.5) is 0 Å². The summed E-state index contributed by atoms with van der Waals surface area (Å²) in [5, 5.41) is 0. The van der Waals surface area contributed by atoms with Crippen LogP contribution in [0.25, 0.3) is 0 Å². The number of carbonyl (C=O) groups is 3. The lowest BCUT2D eigenvalue weighted by atomic mass is 10.1. The molecule has 1 amide bonds. The summed E-state index contributed by atoms with van der Waals surface area (Å²) in [6, 6.07) is 3.02. The molecule has 9 heteroatoms. The molecule has 144 valence electrons. The van der Waals surface area contributed by atoms with Gasteiger partial charge in [-0.3, -0.25) is 14.4 Å². The van der Waals surface area contributed by atoms with E-state index in [1.807, 2.05) is 6.92 Å². The summed E-state index contributed by atoms with van der Waals surface area (Å²) in [6.45, 7) is 1.67. The molecular formula is C17H22BrNO7. The molecule has 0 radical (unpaired) electrons. The van der Waals surface area contributed by atoms with Crippen LogP contribution in [0, 0.1) is 0 Å². The quantitative estimate of drug-likeness (QED) is 0.552. The molecule has 0 atom stereocenters. The van der Waals surface area contributed by atoms with Crippen LogP contribution in [0.2, 0.25) is 0 Å². The van der Waals surface area contributed by atoms with Crippen molar-refractivity contribution in [2.45, 2.75) is 13.3 Å². The van der Waals surface area contributed by atoms with Crippen molar-refractivity contribution in [1.82, 2.24) is 4.90 Å². The average Bonchev–Trinajstić information content (AvgIpc) is 2.64. The minimum atomic E-state index is -0.656. The first-order valence-corrected chi connectivity index (χ1v) is 8.60. The van der Waals surface area contributed by atoms with Crippen LogP contribution in [0.3, 0.4) is 0 Å². The van der Waals surface area contributed by atoms with E-state index in [1.54, 1.807) is 0 Å². The Bertz CT molecular complexity index is 645. The van der Waals surface area contributed by atoms with E-state index in [2.05, 4.69) is 25.4 Å². The van der Waals surface area contributed by atoms with Crippen LogP contribution < -0.4 is 9.47 Å².